The molecule has 0 aliphatic carbocycles. The van der Waals surface area contributed by atoms with Gasteiger partial charge in [-0.2, -0.15) is 0 Å². The molecule has 2 nitrogen and oxygen atoms in total. The van der Waals surface area contributed by atoms with Crippen molar-refractivity contribution in [2.75, 3.05) is 13.1 Å². The van der Waals surface area contributed by atoms with Crippen LogP contribution in [-0.2, 0) is 0 Å². The highest BCUT2D eigenvalue weighted by molar-refractivity contribution is 4.52. The molecule has 0 aliphatic rings. The Morgan fingerprint density at radius 1 is 0.526 bits per heavy atom. The highest BCUT2D eigenvalue weighted by Gasteiger charge is 1.99. The van der Waals surface area contributed by atoms with Gasteiger partial charge < -0.3 is 0 Å². The minimum Gasteiger partial charge on any atom is -0.269 e. The van der Waals surface area contributed by atoms with E-state index in [2.05, 4.69) is 13.8 Å². The summed E-state index contributed by atoms with van der Waals surface area (Å²) in [6, 6.07) is 0. The van der Waals surface area contributed by atoms with Crippen LogP contribution in [0.25, 0.3) is 0 Å². The van der Waals surface area contributed by atoms with Gasteiger partial charge >= 0.3 is 0 Å². The third-order valence-electron chi connectivity index (χ3n) is 3.85. The van der Waals surface area contributed by atoms with Gasteiger partial charge in [-0.3, -0.25) is 5.84 Å². The molecule has 0 heterocycles. The maximum Gasteiger partial charge on any atom is 0.0128 e. The molecule has 2 heteroatoms. The topological polar surface area (TPSA) is 29.3 Å². The van der Waals surface area contributed by atoms with Crippen LogP contribution in [-0.4, -0.2) is 18.1 Å². The van der Waals surface area contributed by atoms with Gasteiger partial charge in [0.15, 0.2) is 0 Å². The largest absolute Gasteiger partial charge is 0.269 e. The Morgan fingerprint density at radius 2 is 0.842 bits per heavy atom. The Balaban J connectivity index is 3.10. The van der Waals surface area contributed by atoms with E-state index < -0.39 is 0 Å². The average molecular weight is 271 g/mol. The van der Waals surface area contributed by atoms with Crippen molar-refractivity contribution in [2.24, 2.45) is 5.84 Å². The molecule has 2 N–H and O–H groups in total. The molecule has 0 radical (unpaired) electrons. The SMILES string of the molecule is CCCCCCCCCN(N)CCCCCCCC. The highest BCUT2D eigenvalue weighted by atomic mass is 15.4. The maximum absolute atomic E-state index is 6.01. The Labute approximate surface area is 122 Å². The van der Waals surface area contributed by atoms with E-state index in [0.29, 0.717) is 0 Å². The molecule has 0 aliphatic heterocycles. The standard InChI is InChI=1S/C17H38N2/c1-3-5-7-9-11-13-15-17-19(18)16-14-12-10-8-6-4-2/h3-18H2,1-2H3. The van der Waals surface area contributed by atoms with E-state index in [0.717, 1.165) is 13.1 Å². The number of nitrogens with zero attached hydrogens (tertiary/aromatic N) is 1. The molecule has 0 bridgehead atoms. The van der Waals surface area contributed by atoms with Crippen LogP contribution in [0, 0.1) is 0 Å². The maximum atomic E-state index is 6.01. The molecule has 0 aromatic heterocycles. The Bertz CT molecular complexity index is 159. The smallest absolute Gasteiger partial charge is 0.0128 e. The predicted octanol–water partition coefficient (Wildman–Crippen LogP) is 5.27. The van der Waals surface area contributed by atoms with Crippen LogP contribution >= 0.6 is 0 Å². The molecule has 0 spiro atoms. The lowest BCUT2D eigenvalue weighted by Crippen LogP contribution is -2.32. The van der Waals surface area contributed by atoms with Gasteiger partial charge in [0, 0.05) is 13.1 Å². The van der Waals surface area contributed by atoms with E-state index >= 15 is 0 Å². The van der Waals surface area contributed by atoms with Crippen molar-refractivity contribution >= 4 is 0 Å². The second-order valence-electron chi connectivity index (χ2n) is 5.93. The summed E-state index contributed by atoms with van der Waals surface area (Å²) in [5, 5.41) is 2.03. The monoisotopic (exact) mass is 270 g/mol. The van der Waals surface area contributed by atoms with Gasteiger partial charge in [0.05, 0.1) is 0 Å². The summed E-state index contributed by atoms with van der Waals surface area (Å²) in [4.78, 5) is 0. The fourth-order valence-corrected chi connectivity index (χ4v) is 2.48. The van der Waals surface area contributed by atoms with Crippen molar-refractivity contribution in [2.45, 2.75) is 97.3 Å². The normalized spacial score (nSPS) is 11.4. The summed E-state index contributed by atoms with van der Waals surface area (Å²) in [6.45, 7) is 6.71. The average Bonchev–Trinajstić information content (AvgIpc) is 2.41. The first-order valence-corrected chi connectivity index (χ1v) is 8.80. The van der Waals surface area contributed by atoms with Crippen LogP contribution in [0.2, 0.25) is 0 Å². The van der Waals surface area contributed by atoms with Crippen LogP contribution in [0.1, 0.15) is 97.3 Å². The number of unbranched alkanes of at least 4 members (excludes halogenated alkanes) is 11. The van der Waals surface area contributed by atoms with E-state index in [4.69, 9.17) is 5.84 Å². The van der Waals surface area contributed by atoms with Gasteiger partial charge in [-0.05, 0) is 12.8 Å². The molecule has 19 heavy (non-hydrogen) atoms. The molecular formula is C17H38N2. The Morgan fingerprint density at radius 3 is 1.21 bits per heavy atom. The van der Waals surface area contributed by atoms with Gasteiger partial charge in [-0.1, -0.05) is 84.5 Å². The van der Waals surface area contributed by atoms with E-state index in [-0.39, 0.29) is 0 Å². The second-order valence-corrected chi connectivity index (χ2v) is 5.93. The van der Waals surface area contributed by atoms with E-state index in [1.807, 2.05) is 5.01 Å². The summed E-state index contributed by atoms with van der Waals surface area (Å²) in [5.41, 5.74) is 0. The number of hydrogen-bond donors (Lipinski definition) is 1. The Hall–Kier alpha value is -0.0800. The van der Waals surface area contributed by atoms with E-state index in [1.165, 1.54) is 83.5 Å². The van der Waals surface area contributed by atoms with Gasteiger partial charge in [0.25, 0.3) is 0 Å². The van der Waals surface area contributed by atoms with Crippen LogP contribution in [0.5, 0.6) is 0 Å². The number of rotatable bonds is 15. The predicted molar refractivity (Wildman–Crippen MR) is 87.1 cm³/mol. The second kappa shape index (κ2) is 16.0. The third-order valence-corrected chi connectivity index (χ3v) is 3.85. The summed E-state index contributed by atoms with van der Waals surface area (Å²) in [5.74, 6) is 6.01. The first kappa shape index (κ1) is 18.9. The zero-order valence-electron chi connectivity index (χ0n) is 13.6. The van der Waals surface area contributed by atoms with Crippen molar-refractivity contribution in [1.29, 1.82) is 0 Å². The third kappa shape index (κ3) is 15.9. The number of hydrogen-bond acceptors (Lipinski definition) is 2. The summed E-state index contributed by atoms with van der Waals surface area (Å²) >= 11 is 0. The zero-order valence-corrected chi connectivity index (χ0v) is 13.6. The minimum atomic E-state index is 1.09. The van der Waals surface area contributed by atoms with Crippen molar-refractivity contribution in [3.8, 4) is 0 Å². The van der Waals surface area contributed by atoms with E-state index in [1.54, 1.807) is 0 Å². The van der Waals surface area contributed by atoms with Crippen LogP contribution in [0.15, 0.2) is 0 Å². The number of nitrogens with two attached hydrogens (primary N) is 1. The molecule has 0 saturated heterocycles. The number of hydrazine groups is 1. The lowest BCUT2D eigenvalue weighted by atomic mass is 10.1. The van der Waals surface area contributed by atoms with Crippen LogP contribution in [0.3, 0.4) is 0 Å². The first-order valence-electron chi connectivity index (χ1n) is 8.80. The molecule has 0 atom stereocenters. The van der Waals surface area contributed by atoms with Gasteiger partial charge in [0.1, 0.15) is 0 Å². The molecule has 0 rings (SSSR count). The zero-order chi connectivity index (χ0) is 14.2. The molecule has 0 aromatic carbocycles. The molecule has 0 aromatic rings. The molecule has 116 valence electrons. The fraction of sp³-hybridized carbons (Fsp3) is 1.00. The summed E-state index contributed by atoms with van der Waals surface area (Å²) < 4.78 is 0. The summed E-state index contributed by atoms with van der Waals surface area (Å²) in [6.07, 6.45) is 17.7. The minimum absolute atomic E-state index is 1.09. The molecule has 0 fully saturated rings. The molecule has 0 amide bonds. The van der Waals surface area contributed by atoms with Crippen molar-refractivity contribution in [3.63, 3.8) is 0 Å². The van der Waals surface area contributed by atoms with Gasteiger partial charge in [-0.15, -0.1) is 0 Å². The molecule has 0 saturated carbocycles. The van der Waals surface area contributed by atoms with Crippen molar-refractivity contribution in [3.05, 3.63) is 0 Å². The van der Waals surface area contributed by atoms with Crippen molar-refractivity contribution < 1.29 is 0 Å². The van der Waals surface area contributed by atoms with Crippen molar-refractivity contribution in [1.82, 2.24) is 5.01 Å². The lowest BCUT2D eigenvalue weighted by molar-refractivity contribution is 0.268. The highest BCUT2D eigenvalue weighted by Crippen LogP contribution is 2.08. The van der Waals surface area contributed by atoms with Gasteiger partial charge in [-0.25, -0.2) is 5.01 Å². The van der Waals surface area contributed by atoms with Gasteiger partial charge in [0.2, 0.25) is 0 Å². The van der Waals surface area contributed by atoms with Crippen LogP contribution < -0.4 is 5.84 Å². The first-order chi connectivity index (χ1) is 9.31. The summed E-state index contributed by atoms with van der Waals surface area (Å²) in [7, 11) is 0. The molecular weight excluding hydrogens is 232 g/mol. The van der Waals surface area contributed by atoms with Crippen LogP contribution in [0.4, 0.5) is 0 Å². The molecule has 0 unspecified atom stereocenters. The Kier molecular flexibility index (Phi) is 15.9. The fourth-order valence-electron chi connectivity index (χ4n) is 2.48. The van der Waals surface area contributed by atoms with E-state index in [9.17, 15) is 0 Å². The quantitative estimate of drug-likeness (QED) is 0.249. The lowest BCUT2D eigenvalue weighted by Gasteiger charge is -2.15.